The first kappa shape index (κ1) is 16.3. The standard InChI is InChI=1S/C18H25N5O2/c1-11-16(12(2)22(3)20-11)18(24)23-8-4-5-13(10-23)9-15-19-17(21-25-15)14-6-7-14/h13-14H,4-10H2,1-3H3/t13-/m1/s1. The predicted molar refractivity (Wildman–Crippen MR) is 91.3 cm³/mol. The van der Waals surface area contributed by atoms with Gasteiger partial charge in [-0.15, -0.1) is 0 Å². The van der Waals surface area contributed by atoms with E-state index >= 15 is 0 Å². The molecule has 0 N–H and O–H groups in total. The molecule has 2 aliphatic rings. The van der Waals surface area contributed by atoms with Gasteiger partial charge in [0.1, 0.15) is 0 Å². The zero-order valence-corrected chi connectivity index (χ0v) is 15.2. The van der Waals surface area contributed by atoms with E-state index in [9.17, 15) is 4.79 Å². The van der Waals surface area contributed by atoms with Crippen LogP contribution in [-0.2, 0) is 13.5 Å². The van der Waals surface area contributed by atoms with Crippen LogP contribution in [0.25, 0.3) is 0 Å². The number of likely N-dealkylation sites (tertiary alicyclic amines) is 1. The number of carbonyl (C=O) groups excluding carboxylic acids is 1. The minimum Gasteiger partial charge on any atom is -0.339 e. The first-order valence-electron chi connectivity index (χ1n) is 9.15. The van der Waals surface area contributed by atoms with E-state index in [0.717, 1.165) is 61.0 Å². The first-order valence-corrected chi connectivity index (χ1v) is 9.15. The van der Waals surface area contributed by atoms with Crippen molar-refractivity contribution in [3.05, 3.63) is 28.7 Å². The third-order valence-electron chi connectivity index (χ3n) is 5.42. The van der Waals surface area contributed by atoms with Gasteiger partial charge in [0.05, 0.1) is 11.3 Å². The van der Waals surface area contributed by atoms with Gasteiger partial charge in [-0.25, -0.2) is 0 Å². The van der Waals surface area contributed by atoms with E-state index in [-0.39, 0.29) is 5.91 Å². The summed E-state index contributed by atoms with van der Waals surface area (Å²) in [6.45, 7) is 5.40. The van der Waals surface area contributed by atoms with Crippen molar-refractivity contribution in [2.45, 2.75) is 51.9 Å². The van der Waals surface area contributed by atoms with Crippen molar-refractivity contribution in [3.63, 3.8) is 0 Å². The van der Waals surface area contributed by atoms with Crippen LogP contribution in [-0.4, -0.2) is 43.8 Å². The Bertz CT molecular complexity index is 789. The highest BCUT2D eigenvalue weighted by atomic mass is 16.5. The molecule has 1 saturated carbocycles. The number of piperidine rings is 1. The highest BCUT2D eigenvalue weighted by Crippen LogP contribution is 2.38. The Labute approximate surface area is 147 Å². The number of nitrogens with zero attached hydrogens (tertiary/aromatic N) is 5. The Kier molecular flexibility index (Phi) is 4.09. The Hall–Kier alpha value is -2.18. The van der Waals surface area contributed by atoms with E-state index in [1.807, 2.05) is 25.8 Å². The molecule has 0 aromatic carbocycles. The van der Waals surface area contributed by atoms with Crippen molar-refractivity contribution in [1.29, 1.82) is 0 Å². The quantitative estimate of drug-likeness (QED) is 0.852. The zero-order valence-electron chi connectivity index (χ0n) is 15.2. The van der Waals surface area contributed by atoms with E-state index in [1.165, 1.54) is 12.8 Å². The Morgan fingerprint density at radius 3 is 2.76 bits per heavy atom. The van der Waals surface area contributed by atoms with E-state index in [2.05, 4.69) is 15.2 Å². The van der Waals surface area contributed by atoms with E-state index in [0.29, 0.717) is 11.8 Å². The van der Waals surface area contributed by atoms with Gasteiger partial charge >= 0.3 is 0 Å². The Morgan fingerprint density at radius 2 is 2.08 bits per heavy atom. The molecule has 0 unspecified atom stereocenters. The zero-order chi connectivity index (χ0) is 17.6. The molecule has 7 heteroatoms. The lowest BCUT2D eigenvalue weighted by Crippen LogP contribution is -2.41. The minimum atomic E-state index is 0.0944. The Morgan fingerprint density at radius 1 is 1.28 bits per heavy atom. The number of hydrogen-bond acceptors (Lipinski definition) is 5. The molecule has 1 aliphatic carbocycles. The lowest BCUT2D eigenvalue weighted by molar-refractivity contribution is 0.0666. The van der Waals surface area contributed by atoms with Crippen LogP contribution >= 0.6 is 0 Å². The van der Waals surface area contributed by atoms with Crippen molar-refractivity contribution < 1.29 is 9.32 Å². The summed E-state index contributed by atoms with van der Waals surface area (Å²) >= 11 is 0. The molecular formula is C18H25N5O2. The molecule has 2 aromatic heterocycles. The van der Waals surface area contributed by atoms with Crippen molar-refractivity contribution in [2.75, 3.05) is 13.1 Å². The van der Waals surface area contributed by atoms with Crippen molar-refractivity contribution in [1.82, 2.24) is 24.8 Å². The van der Waals surface area contributed by atoms with Crippen LogP contribution in [0, 0.1) is 19.8 Å². The van der Waals surface area contributed by atoms with Gasteiger partial charge in [0, 0.05) is 38.2 Å². The van der Waals surface area contributed by atoms with Crippen LogP contribution in [0.5, 0.6) is 0 Å². The number of carbonyl (C=O) groups is 1. The van der Waals surface area contributed by atoms with Crippen LogP contribution in [0.1, 0.15) is 65.1 Å². The van der Waals surface area contributed by atoms with Gasteiger partial charge in [0.15, 0.2) is 5.82 Å². The maximum atomic E-state index is 13.0. The number of rotatable bonds is 4. The molecule has 1 atom stereocenters. The molecule has 0 bridgehead atoms. The van der Waals surface area contributed by atoms with Crippen LogP contribution in [0.4, 0.5) is 0 Å². The minimum absolute atomic E-state index is 0.0944. The van der Waals surface area contributed by atoms with E-state index in [4.69, 9.17) is 4.52 Å². The highest BCUT2D eigenvalue weighted by Gasteiger charge is 2.31. The SMILES string of the molecule is Cc1nn(C)c(C)c1C(=O)N1CCC[C@H](Cc2nc(C3CC3)no2)C1. The molecule has 7 nitrogen and oxygen atoms in total. The lowest BCUT2D eigenvalue weighted by Gasteiger charge is -2.32. The smallest absolute Gasteiger partial charge is 0.257 e. The molecule has 3 heterocycles. The largest absolute Gasteiger partial charge is 0.339 e. The van der Waals surface area contributed by atoms with Gasteiger partial charge in [0.25, 0.3) is 5.91 Å². The van der Waals surface area contributed by atoms with Gasteiger partial charge in [-0.05, 0) is 45.4 Å². The fraction of sp³-hybridized carbons (Fsp3) is 0.667. The molecule has 4 rings (SSSR count). The van der Waals surface area contributed by atoms with Crippen molar-refractivity contribution in [2.24, 2.45) is 13.0 Å². The summed E-state index contributed by atoms with van der Waals surface area (Å²) in [6.07, 6.45) is 5.21. The summed E-state index contributed by atoms with van der Waals surface area (Å²) in [6, 6.07) is 0. The van der Waals surface area contributed by atoms with E-state index in [1.54, 1.807) is 4.68 Å². The molecule has 1 amide bonds. The number of aryl methyl sites for hydroxylation is 2. The molecular weight excluding hydrogens is 318 g/mol. The number of amides is 1. The summed E-state index contributed by atoms with van der Waals surface area (Å²) in [7, 11) is 1.88. The van der Waals surface area contributed by atoms with Crippen LogP contribution in [0.15, 0.2) is 4.52 Å². The summed E-state index contributed by atoms with van der Waals surface area (Å²) in [5.74, 6) is 2.56. The van der Waals surface area contributed by atoms with Gasteiger partial charge in [-0.3, -0.25) is 9.48 Å². The molecule has 2 aromatic rings. The third-order valence-corrected chi connectivity index (χ3v) is 5.42. The molecule has 25 heavy (non-hydrogen) atoms. The van der Waals surface area contributed by atoms with Crippen LogP contribution in [0.3, 0.4) is 0 Å². The molecule has 1 saturated heterocycles. The summed E-state index contributed by atoms with van der Waals surface area (Å²) in [5, 5.41) is 8.47. The fourth-order valence-corrected chi connectivity index (χ4v) is 3.76. The summed E-state index contributed by atoms with van der Waals surface area (Å²) in [5.41, 5.74) is 2.48. The predicted octanol–water partition coefficient (Wildman–Crippen LogP) is 2.39. The maximum Gasteiger partial charge on any atom is 0.257 e. The van der Waals surface area contributed by atoms with Gasteiger partial charge < -0.3 is 9.42 Å². The second-order valence-electron chi connectivity index (χ2n) is 7.45. The van der Waals surface area contributed by atoms with Crippen LogP contribution in [0.2, 0.25) is 0 Å². The van der Waals surface area contributed by atoms with Gasteiger partial charge in [0.2, 0.25) is 5.89 Å². The molecule has 0 radical (unpaired) electrons. The highest BCUT2D eigenvalue weighted by molar-refractivity contribution is 5.96. The maximum absolute atomic E-state index is 13.0. The monoisotopic (exact) mass is 343 g/mol. The summed E-state index contributed by atoms with van der Waals surface area (Å²) in [4.78, 5) is 19.5. The number of hydrogen-bond donors (Lipinski definition) is 0. The average molecular weight is 343 g/mol. The molecule has 1 aliphatic heterocycles. The average Bonchev–Trinajstić information content (AvgIpc) is 3.29. The normalized spacial score (nSPS) is 20.9. The number of aromatic nitrogens is 4. The van der Waals surface area contributed by atoms with Crippen molar-refractivity contribution >= 4 is 5.91 Å². The van der Waals surface area contributed by atoms with Gasteiger partial charge in [-0.1, -0.05) is 5.16 Å². The lowest BCUT2D eigenvalue weighted by atomic mass is 9.94. The molecule has 0 spiro atoms. The second-order valence-corrected chi connectivity index (χ2v) is 7.45. The second kappa shape index (κ2) is 6.28. The summed E-state index contributed by atoms with van der Waals surface area (Å²) < 4.78 is 7.19. The van der Waals surface area contributed by atoms with Crippen molar-refractivity contribution in [3.8, 4) is 0 Å². The van der Waals surface area contributed by atoms with Gasteiger partial charge in [-0.2, -0.15) is 10.1 Å². The Balaban J connectivity index is 1.43. The topological polar surface area (TPSA) is 77.1 Å². The van der Waals surface area contributed by atoms with Crippen LogP contribution < -0.4 is 0 Å². The molecule has 2 fully saturated rings. The first-order chi connectivity index (χ1) is 12.0. The van der Waals surface area contributed by atoms with E-state index < -0.39 is 0 Å². The fourth-order valence-electron chi connectivity index (χ4n) is 3.76. The molecule has 134 valence electrons. The third kappa shape index (κ3) is 3.19.